The number of benzene rings is 2. The molecule has 0 bridgehead atoms. The number of esters is 1. The summed E-state index contributed by atoms with van der Waals surface area (Å²) in [4.78, 5) is 15.2. The summed E-state index contributed by atoms with van der Waals surface area (Å²) in [7, 11) is 0. The molecule has 0 saturated carbocycles. The Morgan fingerprint density at radius 3 is 2.16 bits per heavy atom. The van der Waals surface area contributed by atoms with Crippen molar-refractivity contribution < 1.29 is 14.3 Å². The van der Waals surface area contributed by atoms with Crippen molar-refractivity contribution >= 4 is 17.3 Å². The molecule has 3 rings (SSSR count). The minimum Gasteiger partial charge on any atom is -0.494 e. The fourth-order valence-electron chi connectivity index (χ4n) is 3.45. The van der Waals surface area contributed by atoms with E-state index in [1.54, 1.807) is 12.1 Å². The Labute approximate surface area is 196 Å². The van der Waals surface area contributed by atoms with Gasteiger partial charge in [-0.05, 0) is 73.4 Å². The van der Waals surface area contributed by atoms with Gasteiger partial charge in [-0.25, -0.2) is 4.79 Å². The van der Waals surface area contributed by atoms with Crippen LogP contribution in [-0.2, 0) is 6.42 Å². The van der Waals surface area contributed by atoms with E-state index in [4.69, 9.17) is 9.47 Å². The standard InChI is InChI=1S/C28H34O3S/c1-3-5-7-8-9-21-30-24-15-17-25(18-16-24)31-28(29)23-13-11-22(12-14-23)27-20-19-26(32-27)10-6-4-2/h11-20H,3-10,21H2,1-2H3. The third-order valence-electron chi connectivity index (χ3n) is 5.39. The average Bonchev–Trinajstić information content (AvgIpc) is 3.30. The van der Waals surface area contributed by atoms with Gasteiger partial charge in [-0.3, -0.25) is 0 Å². The SMILES string of the molecule is CCCCCCCOc1ccc(OC(=O)c2ccc(-c3ccc(CCCC)s3)cc2)cc1. The maximum Gasteiger partial charge on any atom is 0.343 e. The van der Waals surface area contributed by atoms with Crippen LogP contribution >= 0.6 is 11.3 Å². The van der Waals surface area contributed by atoms with Crippen LogP contribution in [0.1, 0.15) is 74.0 Å². The number of carbonyl (C=O) groups is 1. The average molecular weight is 451 g/mol. The lowest BCUT2D eigenvalue weighted by Gasteiger charge is -2.08. The van der Waals surface area contributed by atoms with Gasteiger partial charge in [0.15, 0.2) is 0 Å². The maximum absolute atomic E-state index is 12.5. The third-order valence-corrected chi connectivity index (χ3v) is 6.59. The van der Waals surface area contributed by atoms with Crippen molar-refractivity contribution in [1.29, 1.82) is 0 Å². The van der Waals surface area contributed by atoms with E-state index in [1.807, 2.05) is 47.7 Å². The van der Waals surface area contributed by atoms with E-state index in [-0.39, 0.29) is 5.97 Å². The summed E-state index contributed by atoms with van der Waals surface area (Å²) < 4.78 is 11.3. The molecule has 0 radical (unpaired) electrons. The zero-order chi connectivity index (χ0) is 22.6. The highest BCUT2D eigenvalue weighted by Crippen LogP contribution is 2.29. The van der Waals surface area contributed by atoms with Crippen LogP contribution < -0.4 is 9.47 Å². The van der Waals surface area contributed by atoms with Crippen molar-refractivity contribution in [3.05, 3.63) is 71.1 Å². The number of unbranched alkanes of at least 4 members (excludes halogenated alkanes) is 5. The topological polar surface area (TPSA) is 35.5 Å². The zero-order valence-corrected chi connectivity index (χ0v) is 20.1. The predicted octanol–water partition coefficient (Wildman–Crippen LogP) is 8.33. The number of aryl methyl sites for hydroxylation is 1. The van der Waals surface area contributed by atoms with Gasteiger partial charge in [-0.2, -0.15) is 0 Å². The van der Waals surface area contributed by atoms with Crippen LogP contribution in [0, 0.1) is 0 Å². The maximum atomic E-state index is 12.5. The highest BCUT2D eigenvalue weighted by Gasteiger charge is 2.10. The van der Waals surface area contributed by atoms with Crippen LogP contribution in [0.15, 0.2) is 60.7 Å². The van der Waals surface area contributed by atoms with Crippen molar-refractivity contribution in [2.75, 3.05) is 6.61 Å². The summed E-state index contributed by atoms with van der Waals surface area (Å²) in [6.45, 7) is 5.15. The van der Waals surface area contributed by atoms with Gasteiger partial charge >= 0.3 is 5.97 Å². The first-order valence-corrected chi connectivity index (χ1v) is 12.7. The van der Waals surface area contributed by atoms with Crippen LogP contribution in [0.5, 0.6) is 11.5 Å². The first-order chi connectivity index (χ1) is 15.7. The number of thiophene rings is 1. The first-order valence-electron chi connectivity index (χ1n) is 11.8. The largest absolute Gasteiger partial charge is 0.494 e. The second-order valence-electron chi connectivity index (χ2n) is 8.07. The Balaban J connectivity index is 1.48. The molecule has 0 saturated heterocycles. The number of rotatable bonds is 13. The molecule has 0 amide bonds. The van der Waals surface area contributed by atoms with Gasteiger partial charge in [0, 0.05) is 9.75 Å². The van der Waals surface area contributed by atoms with Crippen LogP contribution in [0.3, 0.4) is 0 Å². The molecule has 0 spiro atoms. The summed E-state index contributed by atoms with van der Waals surface area (Å²) in [5, 5.41) is 0. The number of hydrogen-bond acceptors (Lipinski definition) is 4. The van der Waals surface area contributed by atoms with Gasteiger partial charge in [0.05, 0.1) is 12.2 Å². The first kappa shape index (κ1) is 24.1. The minimum atomic E-state index is -0.351. The van der Waals surface area contributed by atoms with Gasteiger partial charge in [0.25, 0.3) is 0 Å². The summed E-state index contributed by atoms with van der Waals surface area (Å²) in [5.74, 6) is 0.975. The second kappa shape index (κ2) is 13.1. The highest BCUT2D eigenvalue weighted by atomic mass is 32.1. The number of hydrogen-bond donors (Lipinski definition) is 0. The van der Waals surface area contributed by atoms with Crippen LogP contribution in [-0.4, -0.2) is 12.6 Å². The monoisotopic (exact) mass is 450 g/mol. The molecule has 0 unspecified atom stereocenters. The zero-order valence-electron chi connectivity index (χ0n) is 19.3. The molecular formula is C28H34O3S. The Kier molecular flexibility index (Phi) is 9.83. The van der Waals surface area contributed by atoms with E-state index >= 15 is 0 Å². The van der Waals surface area contributed by atoms with E-state index in [0.717, 1.165) is 30.8 Å². The smallest absolute Gasteiger partial charge is 0.343 e. The molecule has 4 heteroatoms. The predicted molar refractivity (Wildman–Crippen MR) is 134 cm³/mol. The van der Waals surface area contributed by atoms with Gasteiger partial charge in [-0.1, -0.05) is 58.1 Å². The van der Waals surface area contributed by atoms with Crippen molar-refractivity contribution in [3.63, 3.8) is 0 Å². The van der Waals surface area contributed by atoms with Crippen molar-refractivity contribution in [2.24, 2.45) is 0 Å². The van der Waals surface area contributed by atoms with E-state index in [0.29, 0.717) is 11.3 Å². The molecule has 170 valence electrons. The normalized spacial score (nSPS) is 10.8. The van der Waals surface area contributed by atoms with Gasteiger partial charge in [0.2, 0.25) is 0 Å². The molecule has 0 atom stereocenters. The van der Waals surface area contributed by atoms with Crippen LogP contribution in [0.4, 0.5) is 0 Å². The van der Waals surface area contributed by atoms with E-state index in [2.05, 4.69) is 26.0 Å². The van der Waals surface area contributed by atoms with Crippen molar-refractivity contribution in [2.45, 2.75) is 65.2 Å². The van der Waals surface area contributed by atoms with E-state index < -0.39 is 0 Å². The Hall–Kier alpha value is -2.59. The molecule has 32 heavy (non-hydrogen) atoms. The number of ether oxygens (including phenoxy) is 2. The minimum absolute atomic E-state index is 0.351. The summed E-state index contributed by atoms with van der Waals surface area (Å²) in [6, 6.07) is 19.3. The van der Waals surface area contributed by atoms with Gasteiger partial charge in [0.1, 0.15) is 11.5 Å². The summed E-state index contributed by atoms with van der Waals surface area (Å²) in [5.41, 5.74) is 1.68. The Morgan fingerprint density at radius 1 is 0.750 bits per heavy atom. The third kappa shape index (κ3) is 7.52. The molecule has 0 fully saturated rings. The fraction of sp³-hybridized carbons (Fsp3) is 0.393. The molecule has 0 aliphatic rings. The lowest BCUT2D eigenvalue weighted by Crippen LogP contribution is -2.08. The van der Waals surface area contributed by atoms with Crippen LogP contribution in [0.2, 0.25) is 0 Å². The Morgan fingerprint density at radius 2 is 1.44 bits per heavy atom. The van der Waals surface area contributed by atoms with Crippen molar-refractivity contribution in [3.8, 4) is 21.9 Å². The molecular weight excluding hydrogens is 416 g/mol. The summed E-state index contributed by atoms with van der Waals surface area (Å²) in [6.07, 6.45) is 9.64. The number of carbonyl (C=O) groups excluding carboxylic acids is 1. The quantitative estimate of drug-likeness (QED) is 0.149. The highest BCUT2D eigenvalue weighted by molar-refractivity contribution is 7.15. The van der Waals surface area contributed by atoms with E-state index in [9.17, 15) is 4.79 Å². The molecule has 0 aliphatic carbocycles. The van der Waals surface area contributed by atoms with Gasteiger partial charge < -0.3 is 9.47 Å². The van der Waals surface area contributed by atoms with Gasteiger partial charge in [-0.15, -0.1) is 11.3 Å². The van der Waals surface area contributed by atoms with E-state index in [1.165, 1.54) is 48.3 Å². The molecule has 1 aromatic heterocycles. The molecule has 0 aliphatic heterocycles. The summed E-state index contributed by atoms with van der Waals surface area (Å²) >= 11 is 1.83. The molecule has 2 aromatic carbocycles. The second-order valence-corrected chi connectivity index (χ2v) is 9.24. The fourth-order valence-corrected chi connectivity index (χ4v) is 4.51. The van der Waals surface area contributed by atoms with Crippen LogP contribution in [0.25, 0.3) is 10.4 Å². The molecule has 3 aromatic rings. The lowest BCUT2D eigenvalue weighted by molar-refractivity contribution is 0.0734. The molecule has 3 nitrogen and oxygen atoms in total. The van der Waals surface area contributed by atoms with Crippen molar-refractivity contribution in [1.82, 2.24) is 0 Å². The Bertz CT molecular complexity index is 942. The lowest BCUT2D eigenvalue weighted by atomic mass is 10.1. The molecule has 0 N–H and O–H groups in total. The molecule has 1 heterocycles.